The minimum absolute atomic E-state index is 0.234. The first-order valence-electron chi connectivity index (χ1n) is 6.83. The third-order valence-electron chi connectivity index (χ3n) is 3.66. The maximum Gasteiger partial charge on any atom is 0.0558 e. The van der Waals surface area contributed by atoms with Gasteiger partial charge >= 0.3 is 0 Å². The molecule has 0 saturated carbocycles. The van der Waals surface area contributed by atoms with E-state index in [1.807, 2.05) is 17.9 Å². The number of aromatic nitrogens is 2. The Labute approximate surface area is 109 Å². The Hall–Kier alpha value is -0.910. The van der Waals surface area contributed by atoms with E-state index in [1.165, 1.54) is 18.5 Å². The number of aliphatic hydroxyl groups is 1. The van der Waals surface area contributed by atoms with Crippen molar-refractivity contribution in [2.24, 2.45) is 7.05 Å². The molecule has 1 aliphatic rings. The summed E-state index contributed by atoms with van der Waals surface area (Å²) in [5.74, 6) is 0. The molecule has 1 fully saturated rings. The van der Waals surface area contributed by atoms with E-state index in [-0.39, 0.29) is 6.61 Å². The first-order chi connectivity index (χ1) is 8.79. The van der Waals surface area contributed by atoms with E-state index in [0.717, 1.165) is 32.6 Å². The molecule has 0 radical (unpaired) electrons. The van der Waals surface area contributed by atoms with Crippen LogP contribution in [0.5, 0.6) is 0 Å². The summed E-state index contributed by atoms with van der Waals surface area (Å²) in [5.41, 5.74) is 1.25. The van der Waals surface area contributed by atoms with Gasteiger partial charge in [-0.2, -0.15) is 5.10 Å². The second-order valence-electron chi connectivity index (χ2n) is 5.01. The van der Waals surface area contributed by atoms with Gasteiger partial charge in [-0.3, -0.25) is 9.58 Å². The van der Waals surface area contributed by atoms with Crippen LogP contribution in [0.2, 0.25) is 0 Å². The number of aryl methyl sites for hydroxylation is 1. The van der Waals surface area contributed by atoms with Crippen LogP contribution in [0.25, 0.3) is 0 Å². The number of nitrogens with one attached hydrogen (secondary N) is 1. The van der Waals surface area contributed by atoms with Crippen molar-refractivity contribution in [3.8, 4) is 0 Å². The van der Waals surface area contributed by atoms with Gasteiger partial charge in [0.1, 0.15) is 0 Å². The highest BCUT2D eigenvalue weighted by molar-refractivity contribution is 5.00. The molecule has 2 heterocycles. The molecule has 0 bridgehead atoms. The summed E-state index contributed by atoms with van der Waals surface area (Å²) in [4.78, 5) is 2.34. The lowest BCUT2D eigenvalue weighted by atomic mass is 10.2. The van der Waals surface area contributed by atoms with Gasteiger partial charge in [-0.05, 0) is 25.5 Å². The van der Waals surface area contributed by atoms with Crippen molar-refractivity contribution in [2.45, 2.75) is 25.3 Å². The van der Waals surface area contributed by atoms with E-state index in [0.29, 0.717) is 6.04 Å². The van der Waals surface area contributed by atoms with Gasteiger partial charge in [-0.15, -0.1) is 0 Å². The minimum Gasteiger partial charge on any atom is -0.395 e. The molecule has 1 saturated heterocycles. The van der Waals surface area contributed by atoms with Crippen LogP contribution in [-0.4, -0.2) is 58.6 Å². The zero-order valence-corrected chi connectivity index (χ0v) is 11.2. The van der Waals surface area contributed by atoms with Crippen molar-refractivity contribution >= 4 is 0 Å². The summed E-state index contributed by atoms with van der Waals surface area (Å²) in [6.07, 6.45) is 5.36. The normalized spacial score (nSPS) is 19.8. The van der Waals surface area contributed by atoms with Gasteiger partial charge in [0, 0.05) is 51.0 Å². The quantitative estimate of drug-likeness (QED) is 0.718. The lowest BCUT2D eigenvalue weighted by Gasteiger charge is -2.24. The lowest BCUT2D eigenvalue weighted by molar-refractivity contribution is 0.185. The van der Waals surface area contributed by atoms with Crippen LogP contribution in [0.4, 0.5) is 0 Å². The molecule has 2 N–H and O–H groups in total. The van der Waals surface area contributed by atoms with Crippen molar-refractivity contribution in [2.75, 3.05) is 32.8 Å². The van der Waals surface area contributed by atoms with Crippen LogP contribution in [0, 0.1) is 0 Å². The van der Waals surface area contributed by atoms with Crippen LogP contribution >= 0.6 is 0 Å². The van der Waals surface area contributed by atoms with Crippen molar-refractivity contribution in [3.63, 3.8) is 0 Å². The van der Waals surface area contributed by atoms with Gasteiger partial charge in [0.2, 0.25) is 0 Å². The summed E-state index contributed by atoms with van der Waals surface area (Å²) in [7, 11) is 1.98. The van der Waals surface area contributed by atoms with Crippen molar-refractivity contribution in [1.82, 2.24) is 20.0 Å². The van der Waals surface area contributed by atoms with E-state index in [2.05, 4.69) is 21.4 Å². The predicted molar refractivity (Wildman–Crippen MR) is 71.5 cm³/mol. The first kappa shape index (κ1) is 13.5. The molecule has 5 nitrogen and oxygen atoms in total. The first-order valence-corrected chi connectivity index (χ1v) is 6.83. The molecule has 1 atom stereocenters. The molecule has 0 aromatic carbocycles. The number of hydrogen-bond acceptors (Lipinski definition) is 4. The second kappa shape index (κ2) is 6.87. The molecule has 2 rings (SSSR count). The van der Waals surface area contributed by atoms with Crippen molar-refractivity contribution in [3.05, 3.63) is 18.0 Å². The SMILES string of the molecule is Cn1nccc1CCN(CCO)CC1CCCN1. The topological polar surface area (TPSA) is 53.3 Å². The van der Waals surface area contributed by atoms with Gasteiger partial charge in [0.15, 0.2) is 0 Å². The predicted octanol–water partition coefficient (Wildman–Crippen LogP) is 0.00890. The Morgan fingerprint density at radius 1 is 1.56 bits per heavy atom. The maximum atomic E-state index is 9.14. The molecule has 18 heavy (non-hydrogen) atoms. The van der Waals surface area contributed by atoms with E-state index in [1.54, 1.807) is 0 Å². The molecule has 102 valence electrons. The molecular formula is C13H24N4O. The maximum absolute atomic E-state index is 9.14. The van der Waals surface area contributed by atoms with Gasteiger partial charge < -0.3 is 10.4 Å². The Balaban J connectivity index is 1.79. The highest BCUT2D eigenvalue weighted by Gasteiger charge is 2.17. The Morgan fingerprint density at radius 2 is 2.44 bits per heavy atom. The molecule has 1 aromatic heterocycles. The second-order valence-corrected chi connectivity index (χ2v) is 5.01. The van der Waals surface area contributed by atoms with Gasteiger partial charge in [0.25, 0.3) is 0 Å². The van der Waals surface area contributed by atoms with E-state index >= 15 is 0 Å². The fourth-order valence-corrected chi connectivity index (χ4v) is 2.58. The molecular weight excluding hydrogens is 228 g/mol. The average Bonchev–Trinajstić information content (AvgIpc) is 2.98. The fraction of sp³-hybridized carbons (Fsp3) is 0.769. The molecule has 1 unspecified atom stereocenters. The smallest absolute Gasteiger partial charge is 0.0558 e. The molecule has 0 amide bonds. The molecule has 1 aromatic rings. The van der Waals surface area contributed by atoms with Crippen molar-refractivity contribution < 1.29 is 5.11 Å². The highest BCUT2D eigenvalue weighted by Crippen LogP contribution is 2.08. The van der Waals surface area contributed by atoms with E-state index < -0.39 is 0 Å². The van der Waals surface area contributed by atoms with Gasteiger partial charge in [0.05, 0.1) is 6.61 Å². The monoisotopic (exact) mass is 252 g/mol. The summed E-state index contributed by atoms with van der Waals surface area (Å²) in [6, 6.07) is 2.66. The number of rotatable bonds is 7. The highest BCUT2D eigenvalue weighted by atomic mass is 16.3. The van der Waals surface area contributed by atoms with Crippen LogP contribution in [-0.2, 0) is 13.5 Å². The number of hydrogen-bond donors (Lipinski definition) is 2. The largest absolute Gasteiger partial charge is 0.395 e. The summed E-state index contributed by atoms with van der Waals surface area (Å²) >= 11 is 0. The summed E-state index contributed by atoms with van der Waals surface area (Å²) < 4.78 is 1.92. The Bertz CT molecular complexity index is 347. The van der Waals surface area contributed by atoms with Crippen LogP contribution in [0.15, 0.2) is 12.3 Å². The average molecular weight is 252 g/mol. The number of nitrogens with zero attached hydrogens (tertiary/aromatic N) is 3. The lowest BCUT2D eigenvalue weighted by Crippen LogP contribution is -2.40. The molecule has 0 aliphatic carbocycles. The van der Waals surface area contributed by atoms with Crippen LogP contribution in [0.3, 0.4) is 0 Å². The third kappa shape index (κ3) is 3.80. The summed E-state index contributed by atoms with van der Waals surface area (Å²) in [5, 5.41) is 16.8. The molecule has 1 aliphatic heterocycles. The van der Waals surface area contributed by atoms with E-state index in [4.69, 9.17) is 5.11 Å². The Morgan fingerprint density at radius 3 is 3.06 bits per heavy atom. The Kier molecular flexibility index (Phi) is 5.16. The zero-order valence-electron chi connectivity index (χ0n) is 11.2. The summed E-state index contributed by atoms with van der Waals surface area (Å²) in [6.45, 7) is 4.16. The minimum atomic E-state index is 0.234. The van der Waals surface area contributed by atoms with Crippen LogP contribution < -0.4 is 5.32 Å². The molecule has 5 heteroatoms. The standard InChI is InChI=1S/C13H24N4O/c1-16-13(4-7-15-16)5-8-17(9-10-18)11-12-3-2-6-14-12/h4,7,12,14,18H,2-3,5-6,8-11H2,1H3. The zero-order chi connectivity index (χ0) is 12.8. The van der Waals surface area contributed by atoms with E-state index in [9.17, 15) is 0 Å². The van der Waals surface area contributed by atoms with Crippen molar-refractivity contribution in [1.29, 1.82) is 0 Å². The van der Waals surface area contributed by atoms with Gasteiger partial charge in [-0.1, -0.05) is 0 Å². The molecule has 0 spiro atoms. The fourth-order valence-electron chi connectivity index (χ4n) is 2.58. The van der Waals surface area contributed by atoms with Crippen LogP contribution in [0.1, 0.15) is 18.5 Å². The van der Waals surface area contributed by atoms with Gasteiger partial charge in [-0.25, -0.2) is 0 Å². The third-order valence-corrected chi connectivity index (χ3v) is 3.66. The number of aliphatic hydroxyl groups excluding tert-OH is 1.